The lowest BCUT2D eigenvalue weighted by Crippen LogP contribution is -2.13. The first-order chi connectivity index (χ1) is 17.1. The van der Waals surface area contributed by atoms with Gasteiger partial charge < -0.3 is 9.84 Å². The van der Waals surface area contributed by atoms with Gasteiger partial charge in [-0.1, -0.05) is 31.8 Å². The summed E-state index contributed by atoms with van der Waals surface area (Å²) in [6.07, 6.45) is 1.31. The van der Waals surface area contributed by atoms with Crippen LogP contribution in [0.5, 0.6) is 0 Å². The Morgan fingerprint density at radius 2 is 1.92 bits per heavy atom. The SMILES string of the molecule is CO/C(=C\c1c(F)cc(C(=O)Nc2nc(-c3cccc(C#CCC(C)C)c3F)cs2)cc1F)C(=O)O. The first-order valence-electron chi connectivity index (χ1n) is 10.6. The van der Waals surface area contributed by atoms with Gasteiger partial charge in [0.1, 0.15) is 17.5 Å². The van der Waals surface area contributed by atoms with Crippen LogP contribution in [0.4, 0.5) is 18.3 Å². The molecule has 1 heterocycles. The average molecular weight is 515 g/mol. The van der Waals surface area contributed by atoms with Gasteiger partial charge in [0.25, 0.3) is 5.91 Å². The largest absolute Gasteiger partial charge is 0.490 e. The zero-order valence-electron chi connectivity index (χ0n) is 19.5. The summed E-state index contributed by atoms with van der Waals surface area (Å²) in [6.45, 7) is 4.02. The Morgan fingerprint density at radius 1 is 1.22 bits per heavy atom. The Hall–Kier alpha value is -4.10. The van der Waals surface area contributed by atoms with Crippen LogP contribution in [0.1, 0.15) is 41.8 Å². The van der Waals surface area contributed by atoms with Crippen LogP contribution in [0.15, 0.2) is 41.5 Å². The van der Waals surface area contributed by atoms with E-state index in [2.05, 4.69) is 26.9 Å². The van der Waals surface area contributed by atoms with Crippen molar-refractivity contribution >= 4 is 34.4 Å². The van der Waals surface area contributed by atoms with Gasteiger partial charge in [-0.3, -0.25) is 10.1 Å². The summed E-state index contributed by atoms with van der Waals surface area (Å²) in [5.41, 5.74) is -0.343. The van der Waals surface area contributed by atoms with Crippen LogP contribution in [-0.4, -0.2) is 29.1 Å². The molecular weight excluding hydrogens is 493 g/mol. The maximum atomic E-state index is 15.0. The Labute approximate surface area is 209 Å². The molecule has 0 saturated heterocycles. The summed E-state index contributed by atoms with van der Waals surface area (Å²) in [5.74, 6) is 0.204. The minimum Gasteiger partial charge on any atom is -0.490 e. The van der Waals surface area contributed by atoms with Crippen molar-refractivity contribution in [3.63, 3.8) is 0 Å². The average Bonchev–Trinajstić information content (AvgIpc) is 3.27. The monoisotopic (exact) mass is 514 g/mol. The van der Waals surface area contributed by atoms with Gasteiger partial charge in [0, 0.05) is 34.6 Å². The highest BCUT2D eigenvalue weighted by Crippen LogP contribution is 2.29. The minimum absolute atomic E-state index is 0.0861. The molecule has 3 rings (SSSR count). The number of benzene rings is 2. The van der Waals surface area contributed by atoms with Gasteiger partial charge in [0.15, 0.2) is 5.13 Å². The van der Waals surface area contributed by atoms with Gasteiger partial charge in [-0.2, -0.15) is 0 Å². The standard InChI is InChI=1S/C26H21F3N2O4S/c1-14(2)6-4-7-15-8-5-9-17(23(15)29)21-13-36-26(30-21)31-24(32)16-10-19(27)18(20(28)11-16)12-22(35-3)25(33)34/h5,8-14H,6H2,1-3H3,(H,33,34)(H,30,31,32)/b22-12-. The summed E-state index contributed by atoms with van der Waals surface area (Å²) in [5, 5.41) is 13.0. The number of aromatic nitrogens is 1. The number of ether oxygens (including phenoxy) is 1. The lowest BCUT2D eigenvalue weighted by molar-refractivity contribution is -0.135. The van der Waals surface area contributed by atoms with Crippen molar-refractivity contribution in [2.75, 3.05) is 12.4 Å². The molecular formula is C26H21F3N2O4S. The molecule has 0 unspecified atom stereocenters. The molecule has 186 valence electrons. The van der Waals surface area contributed by atoms with Gasteiger partial charge in [-0.25, -0.2) is 22.9 Å². The molecule has 0 bridgehead atoms. The maximum Gasteiger partial charge on any atom is 0.371 e. The number of nitrogens with one attached hydrogen (secondary N) is 1. The van der Waals surface area contributed by atoms with Gasteiger partial charge in [0.2, 0.25) is 5.76 Å². The minimum atomic E-state index is -1.51. The van der Waals surface area contributed by atoms with Crippen molar-refractivity contribution in [3.05, 3.63) is 75.6 Å². The van der Waals surface area contributed by atoms with E-state index in [0.29, 0.717) is 18.4 Å². The Morgan fingerprint density at radius 3 is 2.53 bits per heavy atom. The molecule has 6 nitrogen and oxygen atoms in total. The van der Waals surface area contributed by atoms with E-state index in [1.807, 2.05) is 13.8 Å². The van der Waals surface area contributed by atoms with Gasteiger partial charge in [0.05, 0.1) is 18.4 Å². The van der Waals surface area contributed by atoms with E-state index in [1.165, 1.54) is 11.4 Å². The van der Waals surface area contributed by atoms with Crippen LogP contribution in [0.3, 0.4) is 0 Å². The molecule has 0 saturated carbocycles. The number of aliphatic carboxylic acids is 1. The first kappa shape index (κ1) is 26.5. The second-order valence-corrected chi connectivity index (χ2v) is 8.79. The molecule has 2 aromatic carbocycles. The molecule has 0 atom stereocenters. The van der Waals surface area contributed by atoms with E-state index in [1.54, 1.807) is 12.1 Å². The third-order valence-corrected chi connectivity index (χ3v) is 5.54. The highest BCUT2D eigenvalue weighted by atomic mass is 32.1. The number of methoxy groups -OCH3 is 1. The predicted octanol–water partition coefficient (Wildman–Crippen LogP) is 5.95. The fourth-order valence-electron chi connectivity index (χ4n) is 2.99. The second-order valence-electron chi connectivity index (χ2n) is 7.93. The van der Waals surface area contributed by atoms with Crippen molar-refractivity contribution in [1.82, 2.24) is 4.98 Å². The summed E-state index contributed by atoms with van der Waals surface area (Å²) in [7, 11) is 1.04. The second kappa shape index (κ2) is 11.6. The number of carboxylic acid groups (broad SMARTS) is 1. The van der Waals surface area contributed by atoms with Crippen LogP contribution in [0, 0.1) is 35.2 Å². The maximum absolute atomic E-state index is 15.0. The molecule has 0 aliphatic carbocycles. The van der Waals surface area contributed by atoms with Crippen LogP contribution < -0.4 is 5.32 Å². The molecule has 1 aromatic heterocycles. The first-order valence-corrected chi connectivity index (χ1v) is 11.5. The van der Waals surface area contributed by atoms with Gasteiger partial charge >= 0.3 is 5.97 Å². The van der Waals surface area contributed by atoms with E-state index in [4.69, 9.17) is 5.11 Å². The Kier molecular flexibility index (Phi) is 8.51. The topological polar surface area (TPSA) is 88.5 Å². The molecule has 0 radical (unpaired) electrons. The number of carbonyl (C=O) groups is 2. The van der Waals surface area contributed by atoms with Crippen LogP contribution >= 0.6 is 11.3 Å². The quantitative estimate of drug-likeness (QED) is 0.231. The van der Waals surface area contributed by atoms with Gasteiger partial charge in [-0.15, -0.1) is 11.3 Å². The highest BCUT2D eigenvalue weighted by molar-refractivity contribution is 7.14. The smallest absolute Gasteiger partial charge is 0.371 e. The number of hydrogen-bond acceptors (Lipinski definition) is 5. The number of thiazole rings is 1. The number of halogens is 3. The van der Waals surface area contributed by atoms with Crippen molar-refractivity contribution in [3.8, 4) is 23.1 Å². The fraction of sp³-hybridized carbons (Fsp3) is 0.192. The summed E-state index contributed by atoms with van der Waals surface area (Å²) < 4.78 is 48.4. The number of amides is 1. The van der Waals surface area contributed by atoms with Crippen molar-refractivity contribution in [2.24, 2.45) is 5.92 Å². The van der Waals surface area contributed by atoms with E-state index in [9.17, 15) is 22.8 Å². The summed E-state index contributed by atoms with van der Waals surface area (Å²) in [6, 6.07) is 6.26. The van der Waals surface area contributed by atoms with Crippen molar-refractivity contribution < 1.29 is 32.6 Å². The lowest BCUT2D eigenvalue weighted by Gasteiger charge is -2.07. The zero-order chi connectivity index (χ0) is 26.4. The highest BCUT2D eigenvalue weighted by Gasteiger charge is 2.19. The number of carboxylic acids is 1. The predicted molar refractivity (Wildman–Crippen MR) is 131 cm³/mol. The van der Waals surface area contributed by atoms with Crippen LogP contribution in [-0.2, 0) is 9.53 Å². The van der Waals surface area contributed by atoms with Crippen LogP contribution in [0.2, 0.25) is 0 Å². The molecule has 0 fully saturated rings. The van der Waals surface area contributed by atoms with E-state index < -0.39 is 40.7 Å². The fourth-order valence-corrected chi connectivity index (χ4v) is 3.70. The Bertz CT molecular complexity index is 1380. The molecule has 0 aliphatic rings. The van der Waals surface area contributed by atoms with Crippen molar-refractivity contribution in [1.29, 1.82) is 0 Å². The molecule has 10 heteroatoms. The normalized spacial score (nSPS) is 11.1. The van der Waals surface area contributed by atoms with E-state index >= 15 is 0 Å². The van der Waals surface area contributed by atoms with Crippen LogP contribution in [0.25, 0.3) is 17.3 Å². The molecule has 0 spiro atoms. The lowest BCUT2D eigenvalue weighted by atomic mass is 10.1. The molecule has 0 aliphatic heterocycles. The number of hydrogen-bond donors (Lipinski definition) is 2. The number of anilines is 1. The zero-order valence-corrected chi connectivity index (χ0v) is 20.3. The third kappa shape index (κ3) is 6.31. The summed E-state index contributed by atoms with van der Waals surface area (Å²) >= 11 is 1.01. The Balaban J connectivity index is 1.82. The van der Waals surface area contributed by atoms with E-state index in [0.717, 1.165) is 30.6 Å². The third-order valence-electron chi connectivity index (χ3n) is 4.78. The number of rotatable bonds is 7. The van der Waals surface area contributed by atoms with E-state index in [-0.39, 0.29) is 27.5 Å². The van der Waals surface area contributed by atoms with Crippen molar-refractivity contribution in [2.45, 2.75) is 20.3 Å². The van der Waals surface area contributed by atoms with Gasteiger partial charge in [-0.05, 0) is 30.2 Å². The molecule has 3 aromatic rings. The molecule has 1 amide bonds. The number of carbonyl (C=O) groups excluding carboxylic acids is 1. The molecule has 2 N–H and O–H groups in total. The summed E-state index contributed by atoms with van der Waals surface area (Å²) in [4.78, 5) is 27.8. The molecule has 36 heavy (non-hydrogen) atoms. The number of nitrogens with zero attached hydrogens (tertiary/aromatic N) is 1.